The molecule has 1 aliphatic heterocycles. The molecule has 2 aromatic carbocycles. The SMILES string of the molecule is COC(=O)Cn1c(=NC(=O)c2ccc(S(=O)(=O)N3CC(C)OC(C)C3)cc2)sc2ccccc21. The molecule has 0 N–H and O–H groups in total. The maximum Gasteiger partial charge on any atom is 0.325 e. The average molecular weight is 504 g/mol. The fraction of sp³-hybridized carbons (Fsp3) is 0.348. The summed E-state index contributed by atoms with van der Waals surface area (Å²) in [5.74, 6) is -0.999. The second-order valence-electron chi connectivity index (χ2n) is 8.04. The van der Waals surface area contributed by atoms with Gasteiger partial charge in [0.25, 0.3) is 5.91 Å². The Morgan fingerprint density at radius 3 is 2.38 bits per heavy atom. The molecular formula is C23H25N3O6S2. The molecule has 4 rings (SSSR count). The predicted molar refractivity (Wildman–Crippen MR) is 127 cm³/mol. The highest BCUT2D eigenvalue weighted by molar-refractivity contribution is 7.89. The highest BCUT2D eigenvalue weighted by Crippen LogP contribution is 2.22. The van der Waals surface area contributed by atoms with E-state index < -0.39 is 21.9 Å². The molecule has 1 aromatic heterocycles. The van der Waals surface area contributed by atoms with Gasteiger partial charge in [-0.3, -0.25) is 9.59 Å². The first-order valence-corrected chi connectivity index (χ1v) is 12.9. The van der Waals surface area contributed by atoms with Gasteiger partial charge in [-0.15, -0.1) is 0 Å². The van der Waals surface area contributed by atoms with Gasteiger partial charge in [-0.25, -0.2) is 8.42 Å². The van der Waals surface area contributed by atoms with Crippen LogP contribution in [0.5, 0.6) is 0 Å². The lowest BCUT2D eigenvalue weighted by molar-refractivity contribution is -0.141. The molecular weight excluding hydrogens is 478 g/mol. The van der Waals surface area contributed by atoms with Crippen LogP contribution in [0.25, 0.3) is 10.2 Å². The van der Waals surface area contributed by atoms with Crippen molar-refractivity contribution in [1.82, 2.24) is 8.87 Å². The van der Waals surface area contributed by atoms with Crippen molar-refractivity contribution in [1.29, 1.82) is 0 Å². The number of carbonyl (C=O) groups is 2. The van der Waals surface area contributed by atoms with Gasteiger partial charge in [0.05, 0.1) is 34.4 Å². The monoisotopic (exact) mass is 503 g/mol. The van der Waals surface area contributed by atoms with Crippen molar-refractivity contribution >= 4 is 43.5 Å². The van der Waals surface area contributed by atoms with Gasteiger partial charge < -0.3 is 14.0 Å². The molecule has 2 atom stereocenters. The van der Waals surface area contributed by atoms with Crippen molar-refractivity contribution in [3.8, 4) is 0 Å². The maximum atomic E-state index is 13.0. The number of sulfonamides is 1. The summed E-state index contributed by atoms with van der Waals surface area (Å²) < 4.78 is 40.4. The number of ether oxygens (including phenoxy) is 2. The minimum atomic E-state index is -3.71. The Kier molecular flexibility index (Phi) is 6.99. The van der Waals surface area contributed by atoms with E-state index in [0.717, 1.165) is 10.2 Å². The molecule has 3 aromatic rings. The second kappa shape index (κ2) is 9.79. The Bertz CT molecular complexity index is 1380. The molecule has 0 saturated carbocycles. The van der Waals surface area contributed by atoms with Gasteiger partial charge in [0.2, 0.25) is 10.0 Å². The van der Waals surface area contributed by atoms with E-state index in [1.165, 1.54) is 47.0 Å². The van der Waals surface area contributed by atoms with E-state index in [9.17, 15) is 18.0 Å². The van der Waals surface area contributed by atoms with Crippen molar-refractivity contribution in [2.24, 2.45) is 4.99 Å². The number of esters is 1. The molecule has 0 bridgehead atoms. The molecule has 1 fully saturated rings. The summed E-state index contributed by atoms with van der Waals surface area (Å²) in [5.41, 5.74) is 1.00. The largest absolute Gasteiger partial charge is 0.468 e. The highest BCUT2D eigenvalue weighted by Gasteiger charge is 2.32. The predicted octanol–water partition coefficient (Wildman–Crippen LogP) is 2.41. The maximum absolute atomic E-state index is 13.0. The summed E-state index contributed by atoms with van der Waals surface area (Å²) in [7, 11) is -2.41. The Hall–Kier alpha value is -2.86. The molecule has 1 amide bonds. The normalized spacial score (nSPS) is 19.9. The lowest BCUT2D eigenvalue weighted by Crippen LogP contribution is -2.48. The summed E-state index contributed by atoms with van der Waals surface area (Å²) in [4.78, 5) is 29.5. The number of nitrogens with zero attached hydrogens (tertiary/aromatic N) is 3. The summed E-state index contributed by atoms with van der Waals surface area (Å²) >= 11 is 1.28. The zero-order valence-corrected chi connectivity index (χ0v) is 20.6. The number of morpholine rings is 1. The molecule has 0 spiro atoms. The summed E-state index contributed by atoms with van der Waals surface area (Å²) in [5, 5.41) is 0. The van der Waals surface area contributed by atoms with Crippen LogP contribution in [0.4, 0.5) is 0 Å². The first-order chi connectivity index (χ1) is 16.2. The van der Waals surface area contributed by atoms with Crippen molar-refractivity contribution in [2.45, 2.75) is 37.5 Å². The molecule has 0 aliphatic carbocycles. The zero-order chi connectivity index (χ0) is 24.5. The van der Waals surface area contributed by atoms with Crippen LogP contribution >= 0.6 is 11.3 Å². The molecule has 34 heavy (non-hydrogen) atoms. The number of para-hydroxylation sites is 1. The first-order valence-electron chi connectivity index (χ1n) is 10.7. The van der Waals surface area contributed by atoms with Gasteiger partial charge in [-0.05, 0) is 50.2 Å². The van der Waals surface area contributed by atoms with Gasteiger partial charge in [0.15, 0.2) is 4.80 Å². The Morgan fingerprint density at radius 2 is 1.74 bits per heavy atom. The van der Waals surface area contributed by atoms with E-state index in [2.05, 4.69) is 4.99 Å². The standard InChI is InChI=1S/C23H25N3O6S2/c1-15-12-25(13-16(2)32-15)34(29,30)18-10-8-17(9-11-18)22(28)24-23-26(14-21(27)31-3)19-6-4-5-7-20(19)33-23/h4-11,15-16H,12-14H2,1-3H3. The van der Waals surface area contributed by atoms with E-state index in [-0.39, 0.29) is 42.3 Å². The van der Waals surface area contributed by atoms with Gasteiger partial charge in [-0.1, -0.05) is 23.5 Å². The first kappa shape index (κ1) is 24.3. The number of carbonyl (C=O) groups excluding carboxylic acids is 2. The van der Waals surface area contributed by atoms with Crippen LogP contribution in [0.15, 0.2) is 58.4 Å². The third-order valence-corrected chi connectivity index (χ3v) is 8.33. The Balaban J connectivity index is 1.63. The van der Waals surface area contributed by atoms with E-state index in [0.29, 0.717) is 4.80 Å². The number of fused-ring (bicyclic) bond motifs is 1. The number of amides is 1. The van der Waals surface area contributed by atoms with Crippen LogP contribution in [-0.2, 0) is 30.8 Å². The Morgan fingerprint density at radius 1 is 1.09 bits per heavy atom. The molecule has 2 heterocycles. The van der Waals surface area contributed by atoms with E-state index >= 15 is 0 Å². The molecule has 180 valence electrons. The minimum absolute atomic E-state index is 0.0831. The number of aromatic nitrogens is 1. The number of methoxy groups -OCH3 is 1. The third kappa shape index (κ3) is 4.97. The van der Waals surface area contributed by atoms with Crippen LogP contribution in [0.3, 0.4) is 0 Å². The van der Waals surface area contributed by atoms with Crippen LogP contribution in [0.1, 0.15) is 24.2 Å². The van der Waals surface area contributed by atoms with E-state index in [4.69, 9.17) is 9.47 Å². The van der Waals surface area contributed by atoms with Crippen molar-refractivity contribution in [3.05, 3.63) is 58.9 Å². The molecule has 1 aliphatic rings. The van der Waals surface area contributed by atoms with Gasteiger partial charge in [0, 0.05) is 18.7 Å². The lowest BCUT2D eigenvalue weighted by Gasteiger charge is -2.34. The smallest absolute Gasteiger partial charge is 0.325 e. The van der Waals surface area contributed by atoms with Crippen molar-refractivity contribution in [3.63, 3.8) is 0 Å². The van der Waals surface area contributed by atoms with Crippen LogP contribution in [0, 0.1) is 0 Å². The highest BCUT2D eigenvalue weighted by atomic mass is 32.2. The summed E-state index contributed by atoms with van der Waals surface area (Å²) in [6.07, 6.45) is -0.396. The third-order valence-electron chi connectivity index (χ3n) is 5.43. The van der Waals surface area contributed by atoms with Crippen molar-refractivity contribution in [2.75, 3.05) is 20.2 Å². The molecule has 11 heteroatoms. The van der Waals surface area contributed by atoms with Gasteiger partial charge in [-0.2, -0.15) is 9.30 Å². The number of hydrogen-bond donors (Lipinski definition) is 0. The number of benzene rings is 2. The van der Waals surface area contributed by atoms with E-state index in [1.54, 1.807) is 4.57 Å². The molecule has 1 saturated heterocycles. The fourth-order valence-corrected chi connectivity index (χ4v) is 6.47. The quantitative estimate of drug-likeness (QED) is 0.495. The Labute approximate surface area is 201 Å². The van der Waals surface area contributed by atoms with Gasteiger partial charge >= 0.3 is 5.97 Å². The van der Waals surface area contributed by atoms with Crippen LogP contribution in [0.2, 0.25) is 0 Å². The summed E-state index contributed by atoms with van der Waals surface area (Å²) in [6.45, 7) is 4.13. The van der Waals surface area contributed by atoms with Crippen LogP contribution < -0.4 is 4.80 Å². The van der Waals surface area contributed by atoms with Gasteiger partial charge in [0.1, 0.15) is 6.54 Å². The second-order valence-corrected chi connectivity index (χ2v) is 11.0. The van der Waals surface area contributed by atoms with Crippen LogP contribution in [-0.4, -0.2) is 61.6 Å². The topological polar surface area (TPSA) is 107 Å². The van der Waals surface area contributed by atoms with Crippen molar-refractivity contribution < 1.29 is 27.5 Å². The molecule has 9 nitrogen and oxygen atoms in total. The average Bonchev–Trinajstić information content (AvgIpc) is 3.15. The number of thiazole rings is 1. The minimum Gasteiger partial charge on any atom is -0.468 e. The number of rotatable bonds is 5. The number of hydrogen-bond acceptors (Lipinski definition) is 7. The molecule has 2 unspecified atom stereocenters. The fourth-order valence-electron chi connectivity index (χ4n) is 3.85. The molecule has 0 radical (unpaired) electrons. The van der Waals surface area contributed by atoms with E-state index in [1.807, 2.05) is 38.1 Å². The summed E-state index contributed by atoms with van der Waals surface area (Å²) in [6, 6.07) is 13.1. The lowest BCUT2D eigenvalue weighted by atomic mass is 10.2. The zero-order valence-electron chi connectivity index (χ0n) is 19.0.